The predicted molar refractivity (Wildman–Crippen MR) is 98.4 cm³/mol. The summed E-state index contributed by atoms with van der Waals surface area (Å²) in [6, 6.07) is 6.58. The molecule has 0 bridgehead atoms. The second-order valence-corrected chi connectivity index (χ2v) is 7.75. The minimum Gasteiger partial charge on any atom is -0.493 e. The summed E-state index contributed by atoms with van der Waals surface area (Å²) in [6.45, 7) is 1.04. The van der Waals surface area contributed by atoms with Crippen LogP contribution in [-0.4, -0.2) is 44.7 Å². The fraction of sp³-hybridized carbons (Fsp3) is 0.571. The van der Waals surface area contributed by atoms with Crippen molar-refractivity contribution in [2.75, 3.05) is 27.8 Å². The molecule has 0 aromatic heterocycles. The van der Waals surface area contributed by atoms with Crippen LogP contribution in [0.1, 0.15) is 37.7 Å². The van der Waals surface area contributed by atoms with Crippen LogP contribution >= 0.6 is 0 Å². The number of esters is 1. The van der Waals surface area contributed by atoms with E-state index < -0.39 is 0 Å². The van der Waals surface area contributed by atoms with Crippen molar-refractivity contribution in [3.05, 3.63) is 35.6 Å². The fourth-order valence-corrected chi connectivity index (χ4v) is 4.49. The number of likely N-dealkylation sites (tertiary alicyclic amines) is 1. The summed E-state index contributed by atoms with van der Waals surface area (Å²) in [7, 11) is 5.50. The van der Waals surface area contributed by atoms with Gasteiger partial charge in [0.1, 0.15) is 5.76 Å². The Bertz CT molecular complexity index is 740. The molecular weight excluding hydrogens is 330 g/mol. The lowest BCUT2D eigenvalue weighted by molar-refractivity contribution is -0.141. The molecule has 3 aliphatic rings. The molecule has 26 heavy (non-hydrogen) atoms. The zero-order chi connectivity index (χ0) is 18.3. The summed E-state index contributed by atoms with van der Waals surface area (Å²) < 4.78 is 16.6. The van der Waals surface area contributed by atoms with Crippen molar-refractivity contribution in [2.24, 2.45) is 5.92 Å². The highest BCUT2D eigenvalue weighted by Gasteiger charge is 2.49. The van der Waals surface area contributed by atoms with E-state index in [4.69, 9.17) is 14.2 Å². The van der Waals surface area contributed by atoms with Gasteiger partial charge in [0.05, 0.1) is 20.1 Å². The number of hydrogen-bond acceptors (Lipinski definition) is 5. The maximum atomic E-state index is 12.0. The molecule has 1 aromatic carbocycles. The Morgan fingerprint density at radius 2 is 1.96 bits per heavy atom. The van der Waals surface area contributed by atoms with E-state index in [1.54, 1.807) is 14.2 Å². The number of nitrogens with zero attached hydrogens (tertiary/aromatic N) is 1. The Balaban J connectivity index is 1.63. The topological polar surface area (TPSA) is 48.0 Å². The van der Waals surface area contributed by atoms with Crippen LogP contribution in [0.25, 0.3) is 0 Å². The van der Waals surface area contributed by atoms with Crippen LogP contribution in [0.15, 0.2) is 30.0 Å². The molecule has 2 aliphatic carbocycles. The zero-order valence-electron chi connectivity index (χ0n) is 15.8. The molecule has 5 heteroatoms. The first-order valence-corrected chi connectivity index (χ1v) is 9.41. The molecule has 1 aromatic rings. The summed E-state index contributed by atoms with van der Waals surface area (Å²) >= 11 is 0. The Morgan fingerprint density at radius 1 is 1.19 bits per heavy atom. The van der Waals surface area contributed by atoms with E-state index in [1.165, 1.54) is 5.56 Å². The highest BCUT2D eigenvalue weighted by Crippen LogP contribution is 2.49. The Hall–Kier alpha value is -2.01. The van der Waals surface area contributed by atoms with Crippen LogP contribution in [0.3, 0.4) is 0 Å². The molecule has 1 aliphatic heterocycles. The number of carbonyl (C=O) groups excluding carboxylic acids is 1. The molecule has 2 atom stereocenters. The standard InChI is InChI=1S/C21H27NO4/c1-22-11-10-21(15-6-7-17(24-2)18(12-15)25-3)9-8-16(13-19(21)22)26-20(23)14-4-5-14/h6-8,12,14,19H,4-5,9-11,13H2,1-3H3. The number of methoxy groups -OCH3 is 2. The average molecular weight is 357 g/mol. The van der Waals surface area contributed by atoms with Crippen LogP contribution in [0.4, 0.5) is 0 Å². The molecule has 5 nitrogen and oxygen atoms in total. The van der Waals surface area contributed by atoms with Crippen LogP contribution in [0.2, 0.25) is 0 Å². The molecule has 0 amide bonds. The second kappa shape index (κ2) is 6.62. The van der Waals surface area contributed by atoms with Crippen LogP contribution in [0, 0.1) is 5.92 Å². The fourth-order valence-electron chi connectivity index (χ4n) is 4.49. The summed E-state index contributed by atoms with van der Waals surface area (Å²) in [5, 5.41) is 0. The van der Waals surface area contributed by atoms with Crippen molar-refractivity contribution in [2.45, 2.75) is 43.6 Å². The molecule has 140 valence electrons. The van der Waals surface area contributed by atoms with E-state index in [-0.39, 0.29) is 17.3 Å². The van der Waals surface area contributed by atoms with Gasteiger partial charge in [-0.25, -0.2) is 0 Å². The van der Waals surface area contributed by atoms with Crippen molar-refractivity contribution in [3.63, 3.8) is 0 Å². The number of rotatable bonds is 5. The van der Waals surface area contributed by atoms with E-state index in [1.807, 2.05) is 6.07 Å². The molecule has 1 heterocycles. The van der Waals surface area contributed by atoms with Gasteiger partial charge >= 0.3 is 5.97 Å². The first-order valence-electron chi connectivity index (χ1n) is 9.41. The summed E-state index contributed by atoms with van der Waals surface area (Å²) in [5.41, 5.74) is 1.30. The quantitative estimate of drug-likeness (QED) is 0.757. The molecule has 0 spiro atoms. The molecule has 0 N–H and O–H groups in total. The van der Waals surface area contributed by atoms with Crippen LogP contribution in [-0.2, 0) is 14.9 Å². The van der Waals surface area contributed by atoms with Crippen molar-refractivity contribution >= 4 is 5.97 Å². The number of fused-ring (bicyclic) bond motifs is 1. The van der Waals surface area contributed by atoms with Crippen LogP contribution < -0.4 is 9.47 Å². The number of allylic oxidation sites excluding steroid dienone is 1. The van der Waals surface area contributed by atoms with Crippen molar-refractivity contribution < 1.29 is 19.0 Å². The minimum absolute atomic E-state index is 0.0315. The van der Waals surface area contributed by atoms with Gasteiger partial charge < -0.3 is 19.1 Å². The van der Waals surface area contributed by atoms with Gasteiger partial charge in [-0.15, -0.1) is 0 Å². The van der Waals surface area contributed by atoms with Gasteiger partial charge in [-0.3, -0.25) is 4.79 Å². The van der Waals surface area contributed by atoms with Gasteiger partial charge in [-0.2, -0.15) is 0 Å². The Morgan fingerprint density at radius 3 is 2.65 bits per heavy atom. The molecule has 4 rings (SSSR count). The predicted octanol–water partition coefficient (Wildman–Crippen LogP) is 3.28. The Labute approximate surface area is 154 Å². The average Bonchev–Trinajstić information content (AvgIpc) is 3.46. The van der Waals surface area contributed by atoms with E-state index >= 15 is 0 Å². The van der Waals surface area contributed by atoms with E-state index in [0.29, 0.717) is 6.04 Å². The highest BCUT2D eigenvalue weighted by atomic mass is 16.5. The van der Waals surface area contributed by atoms with Gasteiger partial charge in [-0.05, 0) is 63.0 Å². The first kappa shape index (κ1) is 17.4. The number of carbonyl (C=O) groups is 1. The third kappa shape index (κ3) is 2.88. The molecule has 2 unspecified atom stereocenters. The van der Waals surface area contributed by atoms with Crippen molar-refractivity contribution in [3.8, 4) is 11.5 Å². The van der Waals surface area contributed by atoms with E-state index in [0.717, 1.165) is 55.9 Å². The molecule has 0 radical (unpaired) electrons. The third-order valence-corrected chi connectivity index (χ3v) is 6.27. The maximum Gasteiger partial charge on any atom is 0.313 e. The lowest BCUT2D eigenvalue weighted by atomic mass is 9.68. The largest absolute Gasteiger partial charge is 0.493 e. The molecule has 2 fully saturated rings. The van der Waals surface area contributed by atoms with Gasteiger partial charge in [0.2, 0.25) is 0 Å². The van der Waals surface area contributed by atoms with Gasteiger partial charge in [0.15, 0.2) is 11.5 Å². The zero-order valence-corrected chi connectivity index (χ0v) is 15.8. The van der Waals surface area contributed by atoms with Gasteiger partial charge in [0, 0.05) is 17.9 Å². The highest BCUT2D eigenvalue weighted by molar-refractivity contribution is 5.76. The third-order valence-electron chi connectivity index (χ3n) is 6.27. The first-order chi connectivity index (χ1) is 12.6. The minimum atomic E-state index is -0.0458. The van der Waals surface area contributed by atoms with Crippen molar-refractivity contribution in [1.82, 2.24) is 4.90 Å². The lowest BCUT2D eigenvalue weighted by Crippen LogP contribution is -2.43. The normalized spacial score (nSPS) is 28.3. The number of ether oxygens (including phenoxy) is 3. The molecule has 1 saturated heterocycles. The molecular formula is C21H27NO4. The summed E-state index contributed by atoms with van der Waals surface area (Å²) in [4.78, 5) is 14.4. The van der Waals surface area contributed by atoms with Crippen molar-refractivity contribution in [1.29, 1.82) is 0 Å². The van der Waals surface area contributed by atoms with E-state index in [9.17, 15) is 4.79 Å². The lowest BCUT2D eigenvalue weighted by Gasteiger charge is -2.40. The number of hydrogen-bond donors (Lipinski definition) is 0. The second-order valence-electron chi connectivity index (χ2n) is 7.75. The summed E-state index contributed by atoms with van der Waals surface area (Å²) in [5.74, 6) is 2.45. The number of likely N-dealkylation sites (N-methyl/N-ethyl adjacent to an activating group) is 1. The maximum absolute atomic E-state index is 12.0. The van der Waals surface area contributed by atoms with Crippen LogP contribution in [0.5, 0.6) is 11.5 Å². The van der Waals surface area contributed by atoms with E-state index in [2.05, 4.69) is 30.2 Å². The SMILES string of the molecule is COc1ccc(C23CC=C(OC(=O)C4CC4)CC2N(C)CC3)cc1OC. The monoisotopic (exact) mass is 357 g/mol. The number of benzene rings is 1. The van der Waals surface area contributed by atoms with Gasteiger partial charge in [-0.1, -0.05) is 6.07 Å². The smallest absolute Gasteiger partial charge is 0.313 e. The molecule has 1 saturated carbocycles. The van der Waals surface area contributed by atoms with Gasteiger partial charge in [0.25, 0.3) is 0 Å². The Kier molecular flexibility index (Phi) is 4.43. The summed E-state index contributed by atoms with van der Waals surface area (Å²) in [6.07, 6.45) is 6.83.